The van der Waals surface area contributed by atoms with E-state index < -0.39 is 47.8 Å². The van der Waals surface area contributed by atoms with Gasteiger partial charge in [-0.25, -0.2) is 4.79 Å². The Labute approximate surface area is 156 Å². The minimum atomic E-state index is -2.48. The monoisotopic (exact) mass is 381 g/mol. The van der Waals surface area contributed by atoms with Crippen LogP contribution in [0.5, 0.6) is 23.0 Å². The zero-order chi connectivity index (χ0) is 19.6. The summed E-state index contributed by atoms with van der Waals surface area (Å²) in [6, 6.07) is 6.99. The zero-order valence-corrected chi connectivity index (χ0v) is 14.1. The molecular weight excluding hydrogens is 370 g/mol. The predicted molar refractivity (Wildman–Crippen MR) is 92.0 cm³/mol. The van der Waals surface area contributed by atoms with Gasteiger partial charge >= 0.3 is 17.9 Å². The number of nitrogens with zero attached hydrogens (tertiary/aromatic N) is 1. The number of aliphatic hydroxyl groups is 1. The van der Waals surface area contributed by atoms with E-state index in [9.17, 15) is 24.6 Å². The Balaban J connectivity index is 1.99. The summed E-state index contributed by atoms with van der Waals surface area (Å²) in [6.07, 6.45) is -0.171. The van der Waals surface area contributed by atoms with Gasteiger partial charge in [-0.2, -0.15) is 0 Å². The Morgan fingerprint density at radius 2 is 1.61 bits per heavy atom. The van der Waals surface area contributed by atoms with Crippen molar-refractivity contribution in [2.24, 2.45) is 0 Å². The van der Waals surface area contributed by atoms with Gasteiger partial charge in [-0.3, -0.25) is 14.6 Å². The fourth-order valence-corrected chi connectivity index (χ4v) is 3.46. The number of rotatable bonds is 0. The number of hydrogen-bond acceptors (Lipinski definition) is 9. The highest BCUT2D eigenvalue weighted by Crippen LogP contribution is 2.53. The van der Waals surface area contributed by atoms with Crippen LogP contribution in [0.1, 0.15) is 12.8 Å². The van der Waals surface area contributed by atoms with E-state index in [2.05, 4.69) is 4.98 Å². The third-order valence-corrected chi connectivity index (χ3v) is 4.76. The molecule has 1 unspecified atom stereocenters. The van der Waals surface area contributed by atoms with E-state index in [1.807, 2.05) is 0 Å². The molecule has 2 aromatic carbocycles. The molecule has 2 aliphatic rings. The Bertz CT molecular complexity index is 1230. The van der Waals surface area contributed by atoms with E-state index in [1.54, 1.807) is 24.3 Å². The van der Waals surface area contributed by atoms with Crippen LogP contribution in [0, 0.1) is 0 Å². The fourth-order valence-electron chi connectivity index (χ4n) is 3.46. The minimum absolute atomic E-state index is 0.0581. The average Bonchev–Trinajstić information content (AvgIpc) is 2.66. The van der Waals surface area contributed by atoms with Gasteiger partial charge in [-0.1, -0.05) is 24.3 Å². The molecule has 0 fully saturated rings. The fraction of sp³-hybridized carbons (Fsp3) is 0.158. The number of esters is 3. The molecule has 3 bridgehead atoms. The van der Waals surface area contributed by atoms with Crippen LogP contribution >= 0.6 is 0 Å². The van der Waals surface area contributed by atoms with E-state index in [-0.39, 0.29) is 22.4 Å². The molecule has 2 N–H and O–H groups in total. The first-order valence-electron chi connectivity index (χ1n) is 8.30. The van der Waals surface area contributed by atoms with E-state index >= 15 is 0 Å². The molecule has 3 aromatic rings. The molecule has 0 saturated carbocycles. The number of aromatic nitrogens is 1. The zero-order valence-electron chi connectivity index (χ0n) is 14.1. The predicted octanol–water partition coefficient (Wildman–Crippen LogP) is 1.35. The van der Waals surface area contributed by atoms with Crippen molar-refractivity contribution in [1.29, 1.82) is 0 Å². The quantitative estimate of drug-likeness (QED) is 0.336. The number of aromatic hydroxyl groups is 1. The molecule has 0 aliphatic carbocycles. The molecule has 9 heteroatoms. The number of carbonyl (C=O) groups is 3. The van der Waals surface area contributed by atoms with Crippen LogP contribution in [0.4, 0.5) is 0 Å². The van der Waals surface area contributed by atoms with Gasteiger partial charge in [0.1, 0.15) is 5.52 Å². The molecule has 9 nitrogen and oxygen atoms in total. The second-order valence-electron chi connectivity index (χ2n) is 6.63. The summed E-state index contributed by atoms with van der Waals surface area (Å²) in [6.45, 7) is 0. The number of benzene rings is 2. The van der Waals surface area contributed by atoms with E-state index in [1.165, 1.54) is 6.20 Å². The molecule has 3 heterocycles. The Morgan fingerprint density at radius 1 is 0.929 bits per heavy atom. The van der Waals surface area contributed by atoms with E-state index in [0.29, 0.717) is 10.8 Å². The van der Waals surface area contributed by atoms with Gasteiger partial charge in [-0.15, -0.1) is 0 Å². The van der Waals surface area contributed by atoms with Crippen molar-refractivity contribution < 1.29 is 38.8 Å². The van der Waals surface area contributed by atoms with Crippen molar-refractivity contribution in [3.63, 3.8) is 0 Å². The number of phenolic OH excluding ortho intramolecular Hbond substituents is 1. The summed E-state index contributed by atoms with van der Waals surface area (Å²) in [7, 11) is 0. The molecule has 0 amide bonds. The number of hydrogen-bond donors (Lipinski definition) is 2. The third-order valence-electron chi connectivity index (χ3n) is 4.76. The summed E-state index contributed by atoms with van der Waals surface area (Å²) in [5.74, 6) is -5.13. The molecule has 0 spiro atoms. The second-order valence-corrected chi connectivity index (χ2v) is 6.63. The topological polar surface area (TPSA) is 132 Å². The van der Waals surface area contributed by atoms with Gasteiger partial charge in [0.2, 0.25) is 17.2 Å². The van der Waals surface area contributed by atoms with Gasteiger partial charge in [0.25, 0.3) is 0 Å². The van der Waals surface area contributed by atoms with E-state index in [0.717, 1.165) is 0 Å². The van der Waals surface area contributed by atoms with Gasteiger partial charge in [0, 0.05) is 11.6 Å². The molecule has 0 saturated heterocycles. The first-order chi connectivity index (χ1) is 13.4. The molecule has 2 aliphatic heterocycles. The highest BCUT2D eigenvalue weighted by atomic mass is 16.6. The van der Waals surface area contributed by atoms with Crippen molar-refractivity contribution in [2.75, 3.05) is 0 Å². The second kappa shape index (κ2) is 5.40. The van der Waals surface area contributed by atoms with Gasteiger partial charge in [-0.05, 0) is 5.39 Å². The maximum absolute atomic E-state index is 12.4. The maximum atomic E-state index is 12.4. The maximum Gasteiger partial charge on any atom is 0.345 e. The summed E-state index contributed by atoms with van der Waals surface area (Å²) < 4.78 is 15.7. The lowest BCUT2D eigenvalue weighted by Gasteiger charge is -2.25. The Morgan fingerprint density at radius 3 is 2.36 bits per heavy atom. The van der Waals surface area contributed by atoms with Gasteiger partial charge in [0.05, 0.1) is 18.2 Å². The minimum Gasteiger partial charge on any atom is -0.502 e. The smallest absolute Gasteiger partial charge is 0.345 e. The number of phenols is 1. The highest BCUT2D eigenvalue weighted by Gasteiger charge is 2.48. The molecule has 0 radical (unpaired) electrons. The number of fused-ring (bicyclic) bond motifs is 8. The molecule has 140 valence electrons. The van der Waals surface area contributed by atoms with Crippen LogP contribution in [0.3, 0.4) is 0 Å². The van der Waals surface area contributed by atoms with Crippen LogP contribution in [0.15, 0.2) is 30.5 Å². The van der Waals surface area contributed by atoms with Gasteiger partial charge in [0.15, 0.2) is 11.4 Å². The molecule has 1 atom stereocenters. The summed E-state index contributed by atoms with van der Waals surface area (Å²) in [5.41, 5.74) is -2.42. The van der Waals surface area contributed by atoms with Crippen molar-refractivity contribution >= 4 is 39.6 Å². The average molecular weight is 381 g/mol. The summed E-state index contributed by atoms with van der Waals surface area (Å²) >= 11 is 0. The van der Waals surface area contributed by atoms with Gasteiger partial charge < -0.3 is 24.4 Å². The van der Waals surface area contributed by atoms with Crippen molar-refractivity contribution in [3.8, 4) is 23.0 Å². The first-order valence-corrected chi connectivity index (χ1v) is 8.30. The highest BCUT2D eigenvalue weighted by molar-refractivity contribution is 6.14. The lowest BCUT2D eigenvalue weighted by Crippen LogP contribution is -2.47. The van der Waals surface area contributed by atoms with Crippen molar-refractivity contribution in [3.05, 3.63) is 30.5 Å². The Hall–Kier alpha value is -3.72. The van der Waals surface area contributed by atoms with Crippen molar-refractivity contribution in [1.82, 2.24) is 4.98 Å². The molecule has 28 heavy (non-hydrogen) atoms. The standard InChI is InChI=1S/C19H11NO8/c21-10-5-19(25)6-11(22)27-16-13-12(9-4-2-1-3-8(9)7-20-13)15(26-10)14(23)17(16)28-18(19)24/h1-4,7,23,25H,5-6H2. The summed E-state index contributed by atoms with van der Waals surface area (Å²) in [5, 5.41) is 22.7. The number of carbonyl (C=O) groups excluding carboxylic acids is 3. The number of pyridine rings is 1. The third kappa shape index (κ3) is 2.16. The Kier molecular flexibility index (Phi) is 3.17. The lowest BCUT2D eigenvalue weighted by atomic mass is 9.95. The normalized spacial score (nSPS) is 21.4. The number of ether oxygens (including phenoxy) is 3. The van der Waals surface area contributed by atoms with E-state index in [4.69, 9.17) is 14.2 Å². The van der Waals surface area contributed by atoms with Crippen molar-refractivity contribution in [2.45, 2.75) is 18.4 Å². The molecule has 5 rings (SSSR count). The van der Waals surface area contributed by atoms with Crippen LogP contribution in [-0.4, -0.2) is 38.7 Å². The first kappa shape index (κ1) is 16.5. The molecular formula is C19H11NO8. The molecule has 1 aromatic heterocycles. The summed E-state index contributed by atoms with van der Waals surface area (Å²) in [4.78, 5) is 41.4. The SMILES string of the molecule is O=C1CC2(O)CC(=O)Oc3c(O)c(c(c4ncc5ccccc5c34)O1)OC2=O. The van der Waals surface area contributed by atoms with Crippen LogP contribution < -0.4 is 14.2 Å². The van der Waals surface area contributed by atoms with Crippen LogP contribution in [-0.2, 0) is 14.4 Å². The van der Waals surface area contributed by atoms with Crippen LogP contribution in [0.25, 0.3) is 21.7 Å². The largest absolute Gasteiger partial charge is 0.502 e. The lowest BCUT2D eigenvalue weighted by molar-refractivity contribution is -0.168. The van der Waals surface area contributed by atoms with Crippen LogP contribution in [0.2, 0.25) is 0 Å².